The van der Waals surface area contributed by atoms with Crippen molar-refractivity contribution >= 4 is 24.2 Å². The van der Waals surface area contributed by atoms with Crippen LogP contribution in [0, 0.1) is 11.6 Å². The van der Waals surface area contributed by atoms with Crippen LogP contribution < -0.4 is 21.7 Å². The number of hydrogen-bond donors (Lipinski definition) is 6. The van der Waals surface area contributed by atoms with Crippen LogP contribution in [0.2, 0.25) is 0 Å². The molecule has 1 aliphatic heterocycles. The maximum Gasteiger partial charge on any atom is 0.242 e. The minimum Gasteiger partial charge on any atom is -0.400 e. The average molecular weight is 613 g/mol. The fraction of sp³-hybridized carbons (Fsp3) is 0.581. The van der Waals surface area contributed by atoms with Gasteiger partial charge >= 0.3 is 0 Å². The quantitative estimate of drug-likeness (QED) is 0.169. The topological polar surface area (TPSA) is 109 Å². The summed E-state index contributed by atoms with van der Waals surface area (Å²) in [4.78, 5) is 13.6. The summed E-state index contributed by atoms with van der Waals surface area (Å²) >= 11 is 4.30. The Kier molecular flexibility index (Phi) is 16.5. The van der Waals surface area contributed by atoms with Gasteiger partial charge in [-0.25, -0.2) is 8.78 Å². The second kappa shape index (κ2) is 19.2. The second-order valence-electron chi connectivity index (χ2n) is 10.6. The Morgan fingerprint density at radius 3 is 2.55 bits per heavy atom. The van der Waals surface area contributed by atoms with Gasteiger partial charge < -0.3 is 31.5 Å². The minimum atomic E-state index is -1.16. The van der Waals surface area contributed by atoms with Gasteiger partial charge in [-0.15, -0.1) is 0 Å². The third kappa shape index (κ3) is 10.2. The van der Waals surface area contributed by atoms with Gasteiger partial charge in [0.05, 0.1) is 19.3 Å². The van der Waals surface area contributed by atoms with Gasteiger partial charge in [-0.3, -0.25) is 9.18 Å². The fourth-order valence-electron chi connectivity index (χ4n) is 5.59. The lowest BCUT2D eigenvalue weighted by Crippen LogP contribution is -2.55. The first-order chi connectivity index (χ1) is 20.3. The highest BCUT2D eigenvalue weighted by atomic mass is 32.1. The Balaban J connectivity index is 0.00000301. The molecule has 1 heterocycles. The second-order valence-corrected chi connectivity index (χ2v) is 11.0. The number of amides is 1. The van der Waals surface area contributed by atoms with Crippen molar-refractivity contribution in [3.05, 3.63) is 65.2 Å². The number of ether oxygens (including phenoxy) is 1. The molecular weight excluding hydrogens is 565 g/mol. The number of methoxy groups -OCH3 is 1. The normalized spacial score (nSPS) is 19.1. The molecule has 1 fully saturated rings. The van der Waals surface area contributed by atoms with E-state index in [4.69, 9.17) is 15.6 Å². The zero-order valence-corrected chi connectivity index (χ0v) is 25.6. The Morgan fingerprint density at radius 2 is 1.88 bits per heavy atom. The molecule has 1 saturated heterocycles. The molecule has 0 radical (unpaired) electrons. The van der Waals surface area contributed by atoms with Crippen molar-refractivity contribution in [2.45, 2.75) is 68.5 Å². The monoisotopic (exact) mass is 612 g/mol. The van der Waals surface area contributed by atoms with Gasteiger partial charge in [0.2, 0.25) is 5.91 Å². The molecule has 42 heavy (non-hydrogen) atoms. The molecule has 1 amide bonds. The van der Waals surface area contributed by atoms with E-state index in [1.54, 1.807) is 24.3 Å². The lowest BCUT2D eigenvalue weighted by Gasteiger charge is -2.38. The van der Waals surface area contributed by atoms with Crippen molar-refractivity contribution in [3.8, 4) is 0 Å². The summed E-state index contributed by atoms with van der Waals surface area (Å²) < 4.78 is 47.5. The fourth-order valence-corrected chi connectivity index (χ4v) is 5.77. The zero-order chi connectivity index (χ0) is 31.0. The number of carbonyl (C=O) groups excluding carboxylic acids is 1. The molecule has 0 spiro atoms. The van der Waals surface area contributed by atoms with Crippen LogP contribution in [0.5, 0.6) is 0 Å². The molecule has 0 aromatic heterocycles. The zero-order valence-electron chi connectivity index (χ0n) is 24.7. The smallest absolute Gasteiger partial charge is 0.242 e. The summed E-state index contributed by atoms with van der Waals surface area (Å²) in [6, 6.07) is 9.70. The first-order valence-electron chi connectivity index (χ1n) is 14.5. The molecule has 4 atom stereocenters. The van der Waals surface area contributed by atoms with Crippen LogP contribution in [-0.4, -0.2) is 75.5 Å². The average Bonchev–Trinajstić information content (AvgIpc) is 3.24. The van der Waals surface area contributed by atoms with Gasteiger partial charge in [-0.05, 0) is 87.1 Å². The minimum absolute atomic E-state index is 0.0274. The van der Waals surface area contributed by atoms with Crippen molar-refractivity contribution in [1.29, 1.82) is 0 Å². The molecular formula is C31H47F3N4O3S. The highest BCUT2D eigenvalue weighted by Gasteiger charge is 2.42. The number of hydrogen-bond acceptors (Lipinski definition) is 7. The molecule has 11 heteroatoms. The molecule has 2 aromatic carbocycles. The molecule has 0 saturated carbocycles. The predicted molar refractivity (Wildman–Crippen MR) is 166 cm³/mol. The van der Waals surface area contributed by atoms with Crippen molar-refractivity contribution < 1.29 is 27.8 Å². The van der Waals surface area contributed by atoms with Gasteiger partial charge in [-0.2, -0.15) is 12.6 Å². The third-order valence-corrected chi connectivity index (χ3v) is 8.18. The molecule has 0 aliphatic carbocycles. The maximum absolute atomic E-state index is 15.0. The Labute approximate surface area is 253 Å². The number of alkyl halides is 1. The van der Waals surface area contributed by atoms with Crippen LogP contribution in [0.1, 0.15) is 49.7 Å². The summed E-state index contributed by atoms with van der Waals surface area (Å²) in [7, 11) is 2.47. The third-order valence-electron chi connectivity index (χ3n) is 7.86. The molecule has 3 rings (SSSR count). The van der Waals surface area contributed by atoms with Crippen LogP contribution in [0.15, 0.2) is 42.5 Å². The van der Waals surface area contributed by atoms with Crippen molar-refractivity contribution in [1.82, 2.24) is 10.6 Å². The van der Waals surface area contributed by atoms with E-state index >= 15 is 4.39 Å². The number of rotatable bonds is 15. The highest BCUT2D eigenvalue weighted by Crippen LogP contribution is 2.34. The SMILES string of the molecule is CO.COCC(CCCF)(c1ccc(F)cc1)[C@H](N)C(=O)Nc1cccc(F)c1CCC1CCNC(CCCS)CN1. The van der Waals surface area contributed by atoms with E-state index in [2.05, 4.69) is 28.6 Å². The molecule has 0 bridgehead atoms. The van der Waals surface area contributed by atoms with E-state index < -0.39 is 35.7 Å². The first kappa shape index (κ1) is 36.0. The molecule has 2 aromatic rings. The van der Waals surface area contributed by atoms with Gasteiger partial charge in [0.25, 0.3) is 0 Å². The van der Waals surface area contributed by atoms with Gasteiger partial charge in [0.1, 0.15) is 11.6 Å². The Bertz CT molecular complexity index is 1070. The van der Waals surface area contributed by atoms with Crippen molar-refractivity contribution in [2.75, 3.05) is 51.7 Å². The standard InChI is InChI=1S/C30H43F3N4O2S.CH4O/c1-39-20-30(15-4-16-31,21-8-10-22(32)11-9-21)28(34)29(38)37-27-7-2-6-26(33)25(27)13-12-23-14-17-35-24(19-36-23)5-3-18-40;1-2/h2,6-11,23-24,28,35-36,40H,3-5,12-20,34H2,1H3,(H,37,38);2H,1H3/t23?,24?,28-,30?;/m1./s1. The van der Waals surface area contributed by atoms with Crippen LogP contribution in [0.4, 0.5) is 18.9 Å². The van der Waals surface area contributed by atoms with Gasteiger partial charge in [0.15, 0.2) is 0 Å². The van der Waals surface area contributed by atoms with E-state index in [1.807, 2.05) is 0 Å². The van der Waals surface area contributed by atoms with Crippen LogP contribution >= 0.6 is 12.6 Å². The number of benzene rings is 2. The number of halogens is 3. The number of aliphatic hydroxyl groups excluding tert-OH is 1. The Hall–Kier alpha value is -2.15. The van der Waals surface area contributed by atoms with E-state index in [0.29, 0.717) is 35.7 Å². The van der Waals surface area contributed by atoms with Crippen molar-refractivity contribution in [3.63, 3.8) is 0 Å². The number of anilines is 1. The Morgan fingerprint density at radius 1 is 1.14 bits per heavy atom. The lowest BCUT2D eigenvalue weighted by molar-refractivity contribution is -0.119. The van der Waals surface area contributed by atoms with Crippen LogP contribution in [-0.2, 0) is 21.4 Å². The van der Waals surface area contributed by atoms with E-state index in [1.165, 1.54) is 25.3 Å². The maximum atomic E-state index is 15.0. The van der Waals surface area contributed by atoms with Crippen LogP contribution in [0.25, 0.3) is 0 Å². The number of thiol groups is 1. The summed E-state index contributed by atoms with van der Waals surface area (Å²) in [5.41, 5.74) is 6.80. The largest absolute Gasteiger partial charge is 0.400 e. The molecule has 7 nitrogen and oxygen atoms in total. The number of nitrogens with one attached hydrogen (secondary N) is 3. The molecule has 3 unspecified atom stereocenters. The molecule has 6 N–H and O–H groups in total. The number of carbonyl (C=O) groups is 1. The van der Waals surface area contributed by atoms with Crippen molar-refractivity contribution in [2.24, 2.45) is 5.73 Å². The van der Waals surface area contributed by atoms with E-state index in [9.17, 15) is 13.6 Å². The summed E-state index contributed by atoms with van der Waals surface area (Å²) in [5.74, 6) is -0.519. The van der Waals surface area contributed by atoms with Gasteiger partial charge in [0, 0.05) is 49.5 Å². The number of aliphatic hydroxyl groups is 1. The van der Waals surface area contributed by atoms with Gasteiger partial charge in [-0.1, -0.05) is 18.2 Å². The number of nitrogens with two attached hydrogens (primary N) is 1. The lowest BCUT2D eigenvalue weighted by atomic mass is 9.71. The molecule has 236 valence electrons. The molecule has 1 aliphatic rings. The summed E-state index contributed by atoms with van der Waals surface area (Å²) in [6.45, 7) is 1.15. The van der Waals surface area contributed by atoms with E-state index in [-0.39, 0.29) is 25.5 Å². The van der Waals surface area contributed by atoms with Crippen LogP contribution in [0.3, 0.4) is 0 Å². The first-order valence-corrected chi connectivity index (χ1v) is 15.1. The highest BCUT2D eigenvalue weighted by molar-refractivity contribution is 7.80. The predicted octanol–water partition coefficient (Wildman–Crippen LogP) is 4.14. The summed E-state index contributed by atoms with van der Waals surface area (Å²) in [5, 5.41) is 17.0. The van der Waals surface area contributed by atoms with E-state index in [0.717, 1.165) is 45.2 Å². The summed E-state index contributed by atoms with van der Waals surface area (Å²) in [6.07, 6.45) is 4.52.